The molecule has 112 valence electrons. The number of nitrogens with zero attached hydrogens (tertiary/aromatic N) is 2. The van der Waals surface area contributed by atoms with Crippen LogP contribution in [0.2, 0.25) is 0 Å². The quantitative estimate of drug-likeness (QED) is 0.867. The van der Waals surface area contributed by atoms with Gasteiger partial charge in [0.1, 0.15) is 5.82 Å². The predicted octanol–water partition coefficient (Wildman–Crippen LogP) is 2.58. The Hall–Kier alpha value is -1.13. The average molecular weight is 277 g/mol. The van der Waals surface area contributed by atoms with Crippen molar-refractivity contribution in [3.05, 3.63) is 23.9 Å². The monoisotopic (exact) mass is 277 g/mol. The molecule has 0 spiro atoms. The molecule has 0 saturated carbocycles. The van der Waals surface area contributed by atoms with E-state index in [0.717, 1.165) is 32.1 Å². The standard InChI is InChI=1S/C16H27N3O/c1-4-20-15-6-5-9-19(12-15)16-8-7-14(11-18-16)10-17-13(2)3/h7-8,11,13,15,17H,4-6,9-10,12H2,1-3H3. The fraction of sp³-hybridized carbons (Fsp3) is 0.688. The zero-order chi connectivity index (χ0) is 14.4. The van der Waals surface area contributed by atoms with Gasteiger partial charge in [-0.25, -0.2) is 4.98 Å². The van der Waals surface area contributed by atoms with Crippen LogP contribution < -0.4 is 10.2 Å². The van der Waals surface area contributed by atoms with E-state index in [1.807, 2.05) is 6.20 Å². The van der Waals surface area contributed by atoms with Gasteiger partial charge in [-0.1, -0.05) is 19.9 Å². The molecule has 0 aromatic carbocycles. The summed E-state index contributed by atoms with van der Waals surface area (Å²) in [6, 6.07) is 4.80. The molecule has 1 fully saturated rings. The van der Waals surface area contributed by atoms with Crippen LogP contribution in [-0.4, -0.2) is 36.8 Å². The second kappa shape index (κ2) is 7.60. The average Bonchev–Trinajstić information content (AvgIpc) is 2.46. The summed E-state index contributed by atoms with van der Waals surface area (Å²) in [5, 5.41) is 3.41. The molecule has 1 aromatic rings. The molecule has 20 heavy (non-hydrogen) atoms. The smallest absolute Gasteiger partial charge is 0.128 e. The van der Waals surface area contributed by atoms with Crippen LogP contribution in [0.5, 0.6) is 0 Å². The Balaban J connectivity index is 1.91. The van der Waals surface area contributed by atoms with E-state index < -0.39 is 0 Å². The SMILES string of the molecule is CCOC1CCCN(c2ccc(CNC(C)C)cn2)C1. The molecule has 1 aliphatic rings. The summed E-state index contributed by atoms with van der Waals surface area (Å²) in [7, 11) is 0. The van der Waals surface area contributed by atoms with Crippen LogP contribution in [0, 0.1) is 0 Å². The van der Waals surface area contributed by atoms with Crippen LogP contribution in [0.1, 0.15) is 39.2 Å². The first-order valence-corrected chi connectivity index (χ1v) is 7.74. The number of piperidine rings is 1. The maximum absolute atomic E-state index is 5.74. The number of rotatable bonds is 6. The molecule has 0 amide bonds. The van der Waals surface area contributed by atoms with Crippen LogP contribution in [0.4, 0.5) is 5.82 Å². The van der Waals surface area contributed by atoms with Crippen LogP contribution in [0.3, 0.4) is 0 Å². The molecule has 0 radical (unpaired) electrons. The predicted molar refractivity (Wildman–Crippen MR) is 83.1 cm³/mol. The van der Waals surface area contributed by atoms with E-state index in [4.69, 9.17) is 4.74 Å². The van der Waals surface area contributed by atoms with Gasteiger partial charge in [-0.15, -0.1) is 0 Å². The lowest BCUT2D eigenvalue weighted by atomic mass is 10.1. The van der Waals surface area contributed by atoms with Crippen LogP contribution in [-0.2, 0) is 11.3 Å². The van der Waals surface area contributed by atoms with Gasteiger partial charge >= 0.3 is 0 Å². The van der Waals surface area contributed by atoms with E-state index >= 15 is 0 Å². The van der Waals surface area contributed by atoms with Gasteiger partial charge in [0, 0.05) is 38.5 Å². The van der Waals surface area contributed by atoms with Crippen molar-refractivity contribution in [1.29, 1.82) is 0 Å². The van der Waals surface area contributed by atoms with Crippen molar-refractivity contribution in [2.45, 2.75) is 52.3 Å². The summed E-state index contributed by atoms with van der Waals surface area (Å²) in [4.78, 5) is 6.94. The molecule has 0 aliphatic carbocycles. The Bertz CT molecular complexity index is 389. The third-order valence-corrected chi connectivity index (χ3v) is 3.63. The highest BCUT2D eigenvalue weighted by Crippen LogP contribution is 2.19. The van der Waals surface area contributed by atoms with Gasteiger partial charge in [0.25, 0.3) is 0 Å². The first-order chi connectivity index (χ1) is 9.69. The van der Waals surface area contributed by atoms with Crippen molar-refractivity contribution in [2.24, 2.45) is 0 Å². The molecule has 1 aliphatic heterocycles. The first-order valence-electron chi connectivity index (χ1n) is 7.74. The van der Waals surface area contributed by atoms with E-state index in [9.17, 15) is 0 Å². The molecular formula is C16H27N3O. The number of nitrogens with one attached hydrogen (secondary N) is 1. The number of aromatic nitrogens is 1. The molecule has 1 unspecified atom stereocenters. The van der Waals surface area contributed by atoms with Crippen LogP contribution in [0.25, 0.3) is 0 Å². The van der Waals surface area contributed by atoms with Gasteiger partial charge in [0.2, 0.25) is 0 Å². The van der Waals surface area contributed by atoms with E-state index in [-0.39, 0.29) is 0 Å². The normalized spacial score (nSPS) is 19.6. The number of hydrogen-bond acceptors (Lipinski definition) is 4. The lowest BCUT2D eigenvalue weighted by Crippen LogP contribution is -2.40. The van der Waals surface area contributed by atoms with Crippen LogP contribution in [0.15, 0.2) is 18.3 Å². The van der Waals surface area contributed by atoms with Crippen molar-refractivity contribution in [3.8, 4) is 0 Å². The van der Waals surface area contributed by atoms with Gasteiger partial charge < -0.3 is 15.0 Å². The Kier molecular flexibility index (Phi) is 5.80. The summed E-state index contributed by atoms with van der Waals surface area (Å²) < 4.78 is 5.74. The van der Waals surface area contributed by atoms with Crippen molar-refractivity contribution >= 4 is 5.82 Å². The van der Waals surface area contributed by atoms with E-state index in [1.54, 1.807) is 0 Å². The fourth-order valence-electron chi connectivity index (χ4n) is 2.55. The molecule has 2 heterocycles. The van der Waals surface area contributed by atoms with Crippen molar-refractivity contribution in [3.63, 3.8) is 0 Å². The molecule has 4 heteroatoms. The molecule has 1 atom stereocenters. The van der Waals surface area contributed by atoms with E-state index in [0.29, 0.717) is 12.1 Å². The largest absolute Gasteiger partial charge is 0.377 e. The summed E-state index contributed by atoms with van der Waals surface area (Å²) in [6.45, 7) is 10.1. The highest BCUT2D eigenvalue weighted by Gasteiger charge is 2.20. The highest BCUT2D eigenvalue weighted by atomic mass is 16.5. The van der Waals surface area contributed by atoms with Gasteiger partial charge in [0.15, 0.2) is 0 Å². The molecule has 1 saturated heterocycles. The van der Waals surface area contributed by atoms with Gasteiger partial charge in [0.05, 0.1) is 6.10 Å². The minimum absolute atomic E-state index is 0.359. The lowest BCUT2D eigenvalue weighted by Gasteiger charge is -2.33. The molecular weight excluding hydrogens is 250 g/mol. The second-order valence-electron chi connectivity index (χ2n) is 5.73. The number of pyridine rings is 1. The fourth-order valence-corrected chi connectivity index (χ4v) is 2.55. The lowest BCUT2D eigenvalue weighted by molar-refractivity contribution is 0.0525. The molecule has 4 nitrogen and oxygen atoms in total. The number of hydrogen-bond donors (Lipinski definition) is 1. The van der Waals surface area contributed by atoms with Crippen LogP contribution >= 0.6 is 0 Å². The first kappa shape index (κ1) is 15.3. The minimum atomic E-state index is 0.359. The zero-order valence-corrected chi connectivity index (χ0v) is 12.9. The third kappa shape index (κ3) is 4.46. The Morgan fingerprint density at radius 2 is 2.30 bits per heavy atom. The Morgan fingerprint density at radius 1 is 1.45 bits per heavy atom. The van der Waals surface area contributed by atoms with Gasteiger partial charge in [-0.3, -0.25) is 0 Å². The second-order valence-corrected chi connectivity index (χ2v) is 5.73. The number of ether oxygens (including phenoxy) is 1. The molecule has 2 rings (SSSR count). The molecule has 0 bridgehead atoms. The topological polar surface area (TPSA) is 37.4 Å². The van der Waals surface area contributed by atoms with Crippen molar-refractivity contribution < 1.29 is 4.74 Å². The zero-order valence-electron chi connectivity index (χ0n) is 12.9. The summed E-state index contributed by atoms with van der Waals surface area (Å²) in [5.41, 5.74) is 1.24. The minimum Gasteiger partial charge on any atom is -0.377 e. The van der Waals surface area contributed by atoms with Gasteiger partial charge in [-0.2, -0.15) is 0 Å². The summed E-state index contributed by atoms with van der Waals surface area (Å²) >= 11 is 0. The van der Waals surface area contributed by atoms with Crippen molar-refractivity contribution in [2.75, 3.05) is 24.6 Å². The highest BCUT2D eigenvalue weighted by molar-refractivity contribution is 5.40. The molecule has 1 N–H and O–H groups in total. The molecule has 1 aromatic heterocycles. The van der Waals surface area contributed by atoms with E-state index in [1.165, 1.54) is 18.4 Å². The van der Waals surface area contributed by atoms with Gasteiger partial charge in [-0.05, 0) is 31.4 Å². The third-order valence-electron chi connectivity index (χ3n) is 3.63. The van der Waals surface area contributed by atoms with E-state index in [2.05, 4.69) is 48.1 Å². The summed E-state index contributed by atoms with van der Waals surface area (Å²) in [6.07, 6.45) is 4.69. The number of anilines is 1. The van der Waals surface area contributed by atoms with Crippen molar-refractivity contribution in [1.82, 2.24) is 10.3 Å². The Labute approximate surface area is 122 Å². The summed E-state index contributed by atoms with van der Waals surface area (Å²) in [5.74, 6) is 1.07. The maximum atomic E-state index is 5.74. The maximum Gasteiger partial charge on any atom is 0.128 e. The Morgan fingerprint density at radius 3 is 2.95 bits per heavy atom.